The molecule has 0 aliphatic rings. The van der Waals surface area contributed by atoms with E-state index in [4.69, 9.17) is 20.9 Å². The predicted octanol–water partition coefficient (Wildman–Crippen LogP) is 4.76. The molecule has 0 aliphatic heterocycles. The summed E-state index contributed by atoms with van der Waals surface area (Å²) < 4.78 is 77.2. The summed E-state index contributed by atoms with van der Waals surface area (Å²) in [6.07, 6.45) is -2.34. The van der Waals surface area contributed by atoms with Crippen LogP contribution in [0.2, 0.25) is 5.02 Å². The number of alkyl halides is 3. The van der Waals surface area contributed by atoms with Crippen molar-refractivity contribution >= 4 is 44.7 Å². The molecule has 3 heterocycles. The highest BCUT2D eigenvalue weighted by Gasteiger charge is 2.35. The summed E-state index contributed by atoms with van der Waals surface area (Å²) in [5.41, 5.74) is -0.0528. The van der Waals surface area contributed by atoms with Crippen molar-refractivity contribution < 1.29 is 31.2 Å². The van der Waals surface area contributed by atoms with Gasteiger partial charge in [0.1, 0.15) is 10.7 Å². The van der Waals surface area contributed by atoms with E-state index in [0.717, 1.165) is 6.20 Å². The third kappa shape index (κ3) is 4.83. The normalized spacial score (nSPS) is 13.3. The second-order valence-electron chi connectivity index (χ2n) is 7.65. The van der Waals surface area contributed by atoms with Crippen molar-refractivity contribution in [3.63, 3.8) is 0 Å². The number of benzene rings is 1. The van der Waals surface area contributed by atoms with E-state index < -0.39 is 23.0 Å². The number of nitrogens with zero attached hydrogens (tertiary/aromatic N) is 3. The fourth-order valence-corrected chi connectivity index (χ4v) is 3.77. The van der Waals surface area contributed by atoms with Gasteiger partial charge in [0.15, 0.2) is 5.58 Å². The summed E-state index contributed by atoms with van der Waals surface area (Å²) in [5.74, 6) is 0.426. The monoisotopic (exact) mass is 501 g/mol. The van der Waals surface area contributed by atoms with Crippen molar-refractivity contribution in [3.8, 4) is 11.6 Å². The lowest BCUT2D eigenvalue weighted by molar-refractivity contribution is -0.136. The Hall–Kier alpha value is -2.67. The molecule has 33 heavy (non-hydrogen) atoms. The first-order valence-electron chi connectivity index (χ1n) is 9.66. The SMILES string of the molecule is CC(C)COc1ncc(-n2cc(C(F)(F)F)c3cc4c(CNS(=O)[O-])noc4cc32)cc1Cl. The van der Waals surface area contributed by atoms with Crippen LogP contribution in [-0.2, 0) is 24.0 Å². The van der Waals surface area contributed by atoms with E-state index in [2.05, 4.69) is 14.9 Å². The van der Waals surface area contributed by atoms with Crippen LogP contribution in [0.1, 0.15) is 25.1 Å². The third-order valence-corrected chi connectivity index (χ3v) is 5.41. The maximum atomic E-state index is 13.8. The van der Waals surface area contributed by atoms with Crippen molar-refractivity contribution in [1.29, 1.82) is 0 Å². The van der Waals surface area contributed by atoms with Crippen molar-refractivity contribution in [2.75, 3.05) is 6.61 Å². The zero-order valence-corrected chi connectivity index (χ0v) is 18.8. The largest absolute Gasteiger partial charge is 0.760 e. The van der Waals surface area contributed by atoms with Gasteiger partial charge in [-0.15, -0.1) is 0 Å². The number of ether oxygens (including phenoxy) is 1. The first kappa shape index (κ1) is 23.5. The fourth-order valence-electron chi connectivity index (χ4n) is 3.30. The molecule has 8 nitrogen and oxygen atoms in total. The molecule has 0 saturated heterocycles. The van der Waals surface area contributed by atoms with Gasteiger partial charge in [-0.25, -0.2) is 9.71 Å². The number of hydrogen-bond acceptors (Lipinski definition) is 6. The Morgan fingerprint density at radius 2 is 2.06 bits per heavy atom. The average molecular weight is 502 g/mol. The Bertz CT molecular complexity index is 1350. The van der Waals surface area contributed by atoms with Crippen LogP contribution in [0, 0.1) is 5.92 Å². The van der Waals surface area contributed by atoms with E-state index in [0.29, 0.717) is 12.3 Å². The maximum Gasteiger partial charge on any atom is 0.418 e. The minimum Gasteiger partial charge on any atom is -0.760 e. The van der Waals surface area contributed by atoms with E-state index >= 15 is 0 Å². The standard InChI is InChI=1S/C20H18ClF3N4O4S/c1-10(2)9-31-19-15(21)3-11(6-25-19)28-8-14(20(22,23)24)12-4-13-16(7-26-33(29)30)27-32-18(13)5-17(12)28/h3-6,8,10,26H,7,9H2,1-2H3,(H,29,30)/p-1. The number of halogens is 4. The second kappa shape index (κ2) is 8.93. The molecule has 3 aromatic heterocycles. The molecular weight excluding hydrogens is 485 g/mol. The van der Waals surface area contributed by atoms with Gasteiger partial charge in [-0.1, -0.05) is 30.6 Å². The quantitative estimate of drug-likeness (QED) is 0.366. The molecule has 1 aromatic carbocycles. The van der Waals surface area contributed by atoms with Gasteiger partial charge in [0.25, 0.3) is 0 Å². The van der Waals surface area contributed by atoms with Crippen LogP contribution in [0.25, 0.3) is 27.6 Å². The molecule has 0 radical (unpaired) electrons. The zero-order valence-electron chi connectivity index (χ0n) is 17.3. The molecule has 0 fully saturated rings. The maximum absolute atomic E-state index is 13.8. The molecule has 1 atom stereocenters. The van der Waals surface area contributed by atoms with Crippen LogP contribution < -0.4 is 9.46 Å². The highest BCUT2D eigenvalue weighted by atomic mass is 35.5. The molecule has 176 valence electrons. The van der Waals surface area contributed by atoms with Gasteiger partial charge in [0.2, 0.25) is 5.88 Å². The molecule has 4 aromatic rings. The van der Waals surface area contributed by atoms with Gasteiger partial charge >= 0.3 is 6.18 Å². The molecule has 1 unspecified atom stereocenters. The summed E-state index contributed by atoms with van der Waals surface area (Å²) in [6.45, 7) is 4.07. The van der Waals surface area contributed by atoms with Gasteiger partial charge in [0.05, 0.1) is 36.1 Å². The van der Waals surface area contributed by atoms with E-state index in [-0.39, 0.29) is 50.9 Å². The Kier molecular flexibility index (Phi) is 6.36. The summed E-state index contributed by atoms with van der Waals surface area (Å²) in [6, 6.07) is 4.15. The topological polar surface area (TPSA) is 105 Å². The molecular formula is C20H17ClF3N4O4S-. The van der Waals surface area contributed by atoms with Gasteiger partial charge in [-0.3, -0.25) is 4.21 Å². The highest BCUT2D eigenvalue weighted by molar-refractivity contribution is 7.77. The number of pyridine rings is 1. The lowest BCUT2D eigenvalue weighted by Gasteiger charge is -2.11. The van der Waals surface area contributed by atoms with Gasteiger partial charge in [-0.05, 0) is 18.1 Å². The van der Waals surface area contributed by atoms with E-state index in [1.807, 2.05) is 13.8 Å². The minimum atomic E-state index is -4.65. The van der Waals surface area contributed by atoms with Crippen molar-refractivity contribution in [2.24, 2.45) is 5.92 Å². The molecule has 0 aliphatic carbocycles. The number of fused-ring (bicyclic) bond motifs is 2. The molecule has 13 heteroatoms. The lowest BCUT2D eigenvalue weighted by Crippen LogP contribution is -2.15. The smallest absolute Gasteiger partial charge is 0.418 e. The Balaban J connectivity index is 1.85. The van der Waals surface area contributed by atoms with Gasteiger partial charge < -0.3 is 18.4 Å². The number of hydrogen-bond donors (Lipinski definition) is 1. The molecule has 0 bridgehead atoms. The van der Waals surface area contributed by atoms with Crippen LogP contribution >= 0.6 is 11.6 Å². The summed E-state index contributed by atoms with van der Waals surface area (Å²) >= 11 is 3.70. The number of rotatable bonds is 7. The lowest BCUT2D eigenvalue weighted by atomic mass is 10.1. The van der Waals surface area contributed by atoms with Gasteiger partial charge in [0, 0.05) is 34.3 Å². The van der Waals surface area contributed by atoms with Crippen molar-refractivity contribution in [2.45, 2.75) is 26.6 Å². The molecule has 0 amide bonds. The Morgan fingerprint density at radius 1 is 1.30 bits per heavy atom. The predicted molar refractivity (Wildman–Crippen MR) is 115 cm³/mol. The van der Waals surface area contributed by atoms with E-state index in [1.54, 1.807) is 0 Å². The van der Waals surface area contributed by atoms with E-state index in [9.17, 15) is 21.9 Å². The highest BCUT2D eigenvalue weighted by Crippen LogP contribution is 2.40. The van der Waals surface area contributed by atoms with Crippen molar-refractivity contribution in [1.82, 2.24) is 19.4 Å². The fraction of sp³-hybridized carbons (Fsp3) is 0.300. The molecule has 0 spiro atoms. The minimum absolute atomic E-state index is 0.112. The number of aromatic nitrogens is 3. The van der Waals surface area contributed by atoms with Crippen LogP contribution in [0.5, 0.6) is 5.88 Å². The molecule has 1 N–H and O–H groups in total. The average Bonchev–Trinajstić information content (AvgIpc) is 3.30. The summed E-state index contributed by atoms with van der Waals surface area (Å²) in [7, 11) is 0. The molecule has 0 saturated carbocycles. The second-order valence-corrected chi connectivity index (χ2v) is 8.81. The van der Waals surface area contributed by atoms with E-state index in [1.165, 1.54) is 29.0 Å². The summed E-state index contributed by atoms with van der Waals surface area (Å²) in [5, 5.41) is 4.08. The molecule has 4 rings (SSSR count). The van der Waals surface area contributed by atoms with Crippen LogP contribution in [0.15, 0.2) is 35.1 Å². The van der Waals surface area contributed by atoms with Crippen LogP contribution in [0.4, 0.5) is 13.2 Å². The zero-order chi connectivity index (χ0) is 23.9. The Morgan fingerprint density at radius 3 is 2.70 bits per heavy atom. The first-order valence-corrected chi connectivity index (χ1v) is 11.1. The van der Waals surface area contributed by atoms with Crippen LogP contribution in [-0.4, -0.2) is 30.1 Å². The first-order chi connectivity index (χ1) is 15.5. The third-order valence-electron chi connectivity index (χ3n) is 4.76. The number of nitrogens with one attached hydrogen (secondary N) is 1. The van der Waals surface area contributed by atoms with Gasteiger partial charge in [-0.2, -0.15) is 13.2 Å². The van der Waals surface area contributed by atoms with Crippen LogP contribution in [0.3, 0.4) is 0 Å². The van der Waals surface area contributed by atoms with Crippen molar-refractivity contribution in [3.05, 3.63) is 46.9 Å². The Labute approximate surface area is 193 Å². The summed E-state index contributed by atoms with van der Waals surface area (Å²) in [4.78, 5) is 4.15.